The van der Waals surface area contributed by atoms with Crippen LogP contribution in [0.25, 0.3) is 22.1 Å². The van der Waals surface area contributed by atoms with Gasteiger partial charge in [0.15, 0.2) is 0 Å². The van der Waals surface area contributed by atoms with Gasteiger partial charge in [0, 0.05) is 30.5 Å². The lowest BCUT2D eigenvalue weighted by Gasteiger charge is -2.19. The number of fused-ring (bicyclic) bond motifs is 1. The molecule has 34 heavy (non-hydrogen) atoms. The second-order valence-electron chi connectivity index (χ2n) is 8.77. The summed E-state index contributed by atoms with van der Waals surface area (Å²) in [6, 6.07) is 10.6. The molecule has 0 radical (unpaired) electrons. The minimum Gasteiger partial charge on any atom is -0.460 e. The molecule has 0 aliphatic carbocycles. The van der Waals surface area contributed by atoms with Crippen LogP contribution in [0.3, 0.4) is 0 Å². The van der Waals surface area contributed by atoms with Gasteiger partial charge in [0.1, 0.15) is 16.9 Å². The molecule has 3 rings (SSSR count). The molecule has 0 atom stereocenters. The van der Waals surface area contributed by atoms with Crippen LogP contribution >= 0.6 is 0 Å². The molecule has 182 valence electrons. The molecule has 3 aromatic rings. The third-order valence-corrected chi connectivity index (χ3v) is 4.88. The molecule has 0 saturated carbocycles. The van der Waals surface area contributed by atoms with Crippen molar-refractivity contribution in [3.05, 3.63) is 59.4 Å². The van der Waals surface area contributed by atoms with E-state index < -0.39 is 23.4 Å². The van der Waals surface area contributed by atoms with E-state index in [2.05, 4.69) is 10.6 Å². The van der Waals surface area contributed by atoms with Crippen molar-refractivity contribution in [2.45, 2.75) is 45.9 Å². The summed E-state index contributed by atoms with van der Waals surface area (Å²) < 4.78 is 51.4. The number of halogens is 3. The zero-order chi connectivity index (χ0) is 25.1. The molecular formula is C25H27F3N2O4. The molecule has 0 aliphatic heterocycles. The Morgan fingerprint density at radius 1 is 0.941 bits per heavy atom. The van der Waals surface area contributed by atoms with Crippen molar-refractivity contribution in [2.75, 3.05) is 13.1 Å². The minimum atomic E-state index is -4.57. The first kappa shape index (κ1) is 25.1. The van der Waals surface area contributed by atoms with Gasteiger partial charge in [-0.1, -0.05) is 19.1 Å². The van der Waals surface area contributed by atoms with E-state index in [1.807, 2.05) is 6.92 Å². The van der Waals surface area contributed by atoms with Gasteiger partial charge >= 0.3 is 12.3 Å². The normalized spacial score (nSPS) is 12.0. The summed E-state index contributed by atoms with van der Waals surface area (Å²) >= 11 is 0. The predicted molar refractivity (Wildman–Crippen MR) is 123 cm³/mol. The van der Waals surface area contributed by atoms with E-state index in [9.17, 15) is 22.8 Å². The van der Waals surface area contributed by atoms with E-state index >= 15 is 0 Å². The number of carbonyl (C=O) groups excluding carboxylic acids is 2. The van der Waals surface area contributed by atoms with Crippen LogP contribution in [0, 0.1) is 0 Å². The maximum absolute atomic E-state index is 13.6. The zero-order valence-electron chi connectivity index (χ0n) is 19.4. The van der Waals surface area contributed by atoms with Crippen LogP contribution in [-0.4, -0.2) is 30.7 Å². The second-order valence-corrected chi connectivity index (χ2v) is 8.77. The molecule has 0 spiro atoms. The third-order valence-electron chi connectivity index (χ3n) is 4.88. The Hall–Kier alpha value is -3.49. The summed E-state index contributed by atoms with van der Waals surface area (Å²) in [6.45, 7) is 7.42. The summed E-state index contributed by atoms with van der Waals surface area (Å²) in [5, 5.41) is 5.58. The van der Waals surface area contributed by atoms with Crippen LogP contribution in [-0.2, 0) is 17.3 Å². The number of carbonyl (C=O) groups is 2. The molecule has 0 bridgehead atoms. The Morgan fingerprint density at radius 3 is 2.18 bits per heavy atom. The van der Waals surface area contributed by atoms with Gasteiger partial charge in [0.25, 0.3) is 5.91 Å². The molecule has 9 heteroatoms. The largest absolute Gasteiger partial charge is 0.460 e. The van der Waals surface area contributed by atoms with Crippen molar-refractivity contribution in [2.24, 2.45) is 0 Å². The first-order chi connectivity index (χ1) is 15.9. The van der Waals surface area contributed by atoms with E-state index in [1.54, 1.807) is 45.0 Å². The highest BCUT2D eigenvalue weighted by atomic mass is 19.4. The number of ether oxygens (including phenoxy) is 1. The Morgan fingerprint density at radius 2 is 1.59 bits per heavy atom. The van der Waals surface area contributed by atoms with Crippen LogP contribution < -0.4 is 10.6 Å². The smallest absolute Gasteiger partial charge is 0.420 e. The molecular weight excluding hydrogens is 449 g/mol. The predicted octanol–water partition coefficient (Wildman–Crippen LogP) is 5.94. The van der Waals surface area contributed by atoms with Gasteiger partial charge < -0.3 is 19.8 Å². The van der Waals surface area contributed by atoms with Gasteiger partial charge in [-0.15, -0.1) is 0 Å². The lowest BCUT2D eigenvalue weighted by Crippen LogP contribution is -2.37. The monoisotopic (exact) mass is 476 g/mol. The van der Waals surface area contributed by atoms with Crippen molar-refractivity contribution in [1.82, 2.24) is 10.6 Å². The number of nitrogens with one attached hydrogen (secondary N) is 2. The Labute approximate surface area is 195 Å². The first-order valence-electron chi connectivity index (χ1n) is 10.9. The lowest BCUT2D eigenvalue weighted by molar-refractivity contribution is -0.136. The molecule has 2 aromatic carbocycles. The number of furan rings is 1. The van der Waals surface area contributed by atoms with Crippen molar-refractivity contribution in [3.63, 3.8) is 0 Å². The van der Waals surface area contributed by atoms with Crippen molar-refractivity contribution < 1.29 is 31.9 Å². The Bertz CT molecular complexity index is 1180. The fourth-order valence-electron chi connectivity index (χ4n) is 3.33. The van der Waals surface area contributed by atoms with Gasteiger partial charge in [-0.25, -0.2) is 4.79 Å². The molecule has 6 nitrogen and oxygen atoms in total. The summed E-state index contributed by atoms with van der Waals surface area (Å²) in [4.78, 5) is 24.0. The summed E-state index contributed by atoms with van der Waals surface area (Å²) in [6.07, 6.45) is -4.66. The highest BCUT2D eigenvalue weighted by Crippen LogP contribution is 2.39. The number of alkyl carbamates (subject to hydrolysis) is 1. The SMILES string of the molecule is CCc1cc2cc(-c3ccc(C(=O)NCCNC(=O)OC(C)(C)C)cc3)cc(C(F)(F)F)c2o1. The van der Waals surface area contributed by atoms with Gasteiger partial charge in [-0.2, -0.15) is 13.2 Å². The van der Waals surface area contributed by atoms with E-state index in [4.69, 9.17) is 9.15 Å². The highest BCUT2D eigenvalue weighted by Gasteiger charge is 2.35. The number of rotatable bonds is 6. The molecule has 1 heterocycles. The fourth-order valence-corrected chi connectivity index (χ4v) is 3.33. The summed E-state index contributed by atoms with van der Waals surface area (Å²) in [5.41, 5.74) is -0.375. The van der Waals surface area contributed by atoms with E-state index in [-0.39, 0.29) is 24.6 Å². The van der Waals surface area contributed by atoms with Crippen molar-refractivity contribution in [1.29, 1.82) is 0 Å². The third kappa shape index (κ3) is 6.30. The van der Waals surface area contributed by atoms with Crippen LogP contribution in [0.2, 0.25) is 0 Å². The van der Waals surface area contributed by atoms with Gasteiger partial charge in [0.2, 0.25) is 0 Å². The maximum Gasteiger partial charge on any atom is 0.420 e. The van der Waals surface area contributed by atoms with Crippen molar-refractivity contribution in [3.8, 4) is 11.1 Å². The number of benzene rings is 2. The van der Waals surface area contributed by atoms with E-state index in [1.165, 1.54) is 12.1 Å². The molecule has 0 fully saturated rings. The minimum absolute atomic E-state index is 0.177. The molecule has 0 saturated heterocycles. The quantitative estimate of drug-likeness (QED) is 0.432. The number of aryl methyl sites for hydroxylation is 1. The maximum atomic E-state index is 13.6. The van der Waals surface area contributed by atoms with Gasteiger partial charge in [-0.05, 0) is 62.2 Å². The van der Waals surface area contributed by atoms with E-state index in [0.717, 1.165) is 6.07 Å². The topological polar surface area (TPSA) is 80.6 Å². The van der Waals surface area contributed by atoms with Crippen LogP contribution in [0.4, 0.5) is 18.0 Å². The second kappa shape index (κ2) is 9.79. The van der Waals surface area contributed by atoms with Gasteiger partial charge in [-0.3, -0.25) is 4.79 Å². The van der Waals surface area contributed by atoms with Crippen LogP contribution in [0.15, 0.2) is 46.9 Å². The molecule has 2 amide bonds. The van der Waals surface area contributed by atoms with Gasteiger partial charge in [0.05, 0.1) is 5.56 Å². The van der Waals surface area contributed by atoms with Crippen LogP contribution in [0.1, 0.15) is 49.4 Å². The summed E-state index contributed by atoms with van der Waals surface area (Å²) in [5.74, 6) is 0.109. The molecule has 0 aliphatic rings. The standard InChI is InChI=1S/C25H27F3N2O4/c1-5-19-13-18-12-17(14-20(21(18)33-19)25(26,27)28)15-6-8-16(9-7-15)22(31)29-10-11-30-23(32)34-24(2,3)4/h6-9,12-14H,5,10-11H2,1-4H3,(H,29,31)(H,30,32). The highest BCUT2D eigenvalue weighted by molar-refractivity contribution is 5.95. The van der Waals surface area contributed by atoms with E-state index in [0.29, 0.717) is 34.3 Å². The average molecular weight is 476 g/mol. The number of alkyl halides is 3. The first-order valence-corrected chi connectivity index (χ1v) is 10.9. The lowest BCUT2D eigenvalue weighted by atomic mass is 9.99. The average Bonchev–Trinajstić information content (AvgIpc) is 3.17. The van der Waals surface area contributed by atoms with Crippen molar-refractivity contribution >= 4 is 23.0 Å². The van der Waals surface area contributed by atoms with Crippen LogP contribution in [0.5, 0.6) is 0 Å². The molecule has 0 unspecified atom stereocenters. The Balaban J connectivity index is 1.69. The number of hydrogen-bond acceptors (Lipinski definition) is 4. The summed E-state index contributed by atoms with van der Waals surface area (Å²) in [7, 11) is 0. The fraction of sp³-hybridized carbons (Fsp3) is 0.360. The number of amides is 2. The zero-order valence-corrected chi connectivity index (χ0v) is 19.4. The molecule has 1 aromatic heterocycles. The molecule has 2 N–H and O–H groups in total. The number of hydrogen-bond donors (Lipinski definition) is 2. The Kier molecular flexibility index (Phi) is 7.24.